The first kappa shape index (κ1) is 18.8. The first-order valence-electron chi connectivity index (χ1n) is 7.69. The van der Waals surface area contributed by atoms with E-state index >= 15 is 0 Å². The van der Waals surface area contributed by atoms with Gasteiger partial charge in [0.15, 0.2) is 0 Å². The van der Waals surface area contributed by atoms with E-state index in [-0.39, 0.29) is 25.4 Å². The molecule has 0 saturated carbocycles. The number of hydrogen-bond donors (Lipinski definition) is 2. The maximum atomic E-state index is 13.4. The molecular weight excluding hydrogens is 343 g/mol. The summed E-state index contributed by atoms with van der Waals surface area (Å²) in [6, 6.07) is 15.1. The van der Waals surface area contributed by atoms with Crippen molar-refractivity contribution >= 4 is 22.0 Å². The fourth-order valence-electron chi connectivity index (χ4n) is 2.01. The quantitative estimate of drug-likeness (QED) is 0.757. The average Bonchev–Trinajstić information content (AvgIpc) is 2.60. The molecule has 0 bridgehead atoms. The van der Waals surface area contributed by atoms with Crippen molar-refractivity contribution in [3.63, 3.8) is 0 Å². The number of amides is 1. The van der Waals surface area contributed by atoms with Crippen molar-refractivity contribution in [1.29, 1.82) is 0 Å². The molecule has 0 aliphatic rings. The Hall–Kier alpha value is -2.51. The van der Waals surface area contributed by atoms with E-state index < -0.39 is 15.8 Å². The molecule has 0 unspecified atom stereocenters. The number of nitrogens with one attached hydrogen (secondary N) is 2. The zero-order valence-electron chi connectivity index (χ0n) is 13.5. The molecule has 0 radical (unpaired) electrons. The Bertz CT molecular complexity index is 836. The molecule has 25 heavy (non-hydrogen) atoms. The molecule has 0 aromatic heterocycles. The lowest BCUT2D eigenvalue weighted by atomic mass is 10.2. The molecule has 0 atom stereocenters. The van der Waals surface area contributed by atoms with Gasteiger partial charge in [0.25, 0.3) is 0 Å². The summed E-state index contributed by atoms with van der Waals surface area (Å²) >= 11 is 0. The summed E-state index contributed by atoms with van der Waals surface area (Å²) in [6.45, 7) is 0.0245. The minimum absolute atomic E-state index is 0.0349. The van der Waals surface area contributed by atoms with E-state index in [0.29, 0.717) is 5.56 Å². The third-order valence-electron chi connectivity index (χ3n) is 3.33. The Balaban J connectivity index is 1.74. The molecule has 2 N–H and O–H groups in total. The summed E-state index contributed by atoms with van der Waals surface area (Å²) in [6.07, 6.45) is 1.44. The topological polar surface area (TPSA) is 75.3 Å². The highest BCUT2D eigenvalue weighted by atomic mass is 32.2. The van der Waals surface area contributed by atoms with Gasteiger partial charge in [0.1, 0.15) is 5.82 Å². The van der Waals surface area contributed by atoms with Crippen LogP contribution in [0.3, 0.4) is 0 Å². The highest BCUT2D eigenvalue weighted by Gasteiger charge is 2.08. The minimum Gasteiger partial charge on any atom is -0.352 e. The second kappa shape index (κ2) is 9.10. The first-order chi connectivity index (χ1) is 12.0. The van der Waals surface area contributed by atoms with E-state index in [1.54, 1.807) is 42.5 Å². The lowest BCUT2D eigenvalue weighted by Crippen LogP contribution is -2.29. The van der Waals surface area contributed by atoms with E-state index in [9.17, 15) is 17.6 Å². The third kappa shape index (κ3) is 6.86. The molecule has 0 fully saturated rings. The second-order valence-corrected chi connectivity index (χ2v) is 6.92. The minimum atomic E-state index is -3.62. The summed E-state index contributed by atoms with van der Waals surface area (Å²) in [5.41, 5.74) is 1.14. The molecule has 0 aliphatic carbocycles. The van der Waals surface area contributed by atoms with Crippen molar-refractivity contribution in [2.75, 3.05) is 6.54 Å². The van der Waals surface area contributed by atoms with Gasteiger partial charge in [-0.15, -0.1) is 0 Å². The summed E-state index contributed by atoms with van der Waals surface area (Å²) in [5, 5.41) is 3.61. The normalized spacial score (nSPS) is 11.6. The molecule has 2 rings (SSSR count). The van der Waals surface area contributed by atoms with Gasteiger partial charge >= 0.3 is 0 Å². The van der Waals surface area contributed by atoms with Gasteiger partial charge in [0.05, 0.1) is 0 Å². The van der Waals surface area contributed by atoms with Crippen LogP contribution in [-0.2, 0) is 21.4 Å². The number of sulfonamides is 1. The maximum absolute atomic E-state index is 13.4. The van der Waals surface area contributed by atoms with E-state index in [2.05, 4.69) is 10.0 Å². The van der Waals surface area contributed by atoms with Crippen LogP contribution in [0.4, 0.5) is 4.39 Å². The van der Waals surface area contributed by atoms with Gasteiger partial charge in [-0.1, -0.05) is 48.5 Å². The Morgan fingerprint density at radius 2 is 1.72 bits per heavy atom. The van der Waals surface area contributed by atoms with Gasteiger partial charge in [-0.2, -0.15) is 0 Å². The van der Waals surface area contributed by atoms with Crippen LogP contribution in [-0.4, -0.2) is 20.9 Å². The van der Waals surface area contributed by atoms with Crippen LogP contribution in [0.25, 0.3) is 6.08 Å². The first-order valence-corrected chi connectivity index (χ1v) is 9.24. The van der Waals surface area contributed by atoms with Crippen LogP contribution in [0.1, 0.15) is 17.5 Å². The van der Waals surface area contributed by atoms with Gasteiger partial charge in [-0.3, -0.25) is 4.79 Å². The monoisotopic (exact) mass is 362 g/mol. The van der Waals surface area contributed by atoms with Crippen LogP contribution < -0.4 is 10.0 Å². The number of carbonyl (C=O) groups excluding carboxylic acids is 1. The average molecular weight is 362 g/mol. The van der Waals surface area contributed by atoms with E-state index in [4.69, 9.17) is 0 Å². The standard InChI is InChI=1S/C18H19FN2O3S/c19-17-9-5-4-8-16(17)14-20-18(22)10-12-21-25(23,24)13-11-15-6-2-1-3-7-15/h1-9,11,13,21H,10,12,14H2,(H,20,22). The van der Waals surface area contributed by atoms with Crippen molar-refractivity contribution < 1.29 is 17.6 Å². The van der Waals surface area contributed by atoms with Crippen molar-refractivity contribution in [2.24, 2.45) is 0 Å². The van der Waals surface area contributed by atoms with Crippen molar-refractivity contribution in [3.05, 3.63) is 76.9 Å². The van der Waals surface area contributed by atoms with Crippen LogP contribution in [0.5, 0.6) is 0 Å². The second-order valence-electron chi connectivity index (χ2n) is 5.27. The van der Waals surface area contributed by atoms with Crippen LogP contribution >= 0.6 is 0 Å². The van der Waals surface area contributed by atoms with Gasteiger partial charge in [-0.05, 0) is 17.7 Å². The molecule has 132 valence electrons. The fraction of sp³-hybridized carbons (Fsp3) is 0.167. The fourth-order valence-corrected chi connectivity index (χ4v) is 2.83. The largest absolute Gasteiger partial charge is 0.352 e. The highest BCUT2D eigenvalue weighted by Crippen LogP contribution is 2.05. The number of benzene rings is 2. The molecule has 0 saturated heterocycles. The Kier molecular flexibility index (Phi) is 6.85. The summed E-state index contributed by atoms with van der Waals surface area (Å²) in [4.78, 5) is 11.7. The van der Waals surface area contributed by atoms with Gasteiger partial charge < -0.3 is 5.32 Å². The zero-order chi connectivity index (χ0) is 18.1. The summed E-state index contributed by atoms with van der Waals surface area (Å²) < 4.78 is 39.4. The Labute approximate surface area is 146 Å². The van der Waals surface area contributed by atoms with E-state index in [0.717, 1.165) is 11.0 Å². The van der Waals surface area contributed by atoms with Crippen molar-refractivity contribution in [1.82, 2.24) is 10.0 Å². The van der Waals surface area contributed by atoms with E-state index in [1.807, 2.05) is 6.07 Å². The molecule has 2 aromatic rings. The number of halogens is 1. The lowest BCUT2D eigenvalue weighted by Gasteiger charge is -2.06. The van der Waals surface area contributed by atoms with Crippen LogP contribution in [0.15, 0.2) is 60.0 Å². The Morgan fingerprint density at radius 1 is 1.04 bits per heavy atom. The molecule has 0 aliphatic heterocycles. The molecular formula is C18H19FN2O3S. The molecule has 2 aromatic carbocycles. The Morgan fingerprint density at radius 3 is 2.44 bits per heavy atom. The van der Waals surface area contributed by atoms with E-state index in [1.165, 1.54) is 12.1 Å². The predicted octanol–water partition coefficient (Wildman–Crippen LogP) is 2.42. The maximum Gasteiger partial charge on any atom is 0.233 e. The van der Waals surface area contributed by atoms with Crippen LogP contribution in [0.2, 0.25) is 0 Å². The molecule has 7 heteroatoms. The number of hydrogen-bond acceptors (Lipinski definition) is 3. The molecule has 5 nitrogen and oxygen atoms in total. The molecule has 0 spiro atoms. The number of carbonyl (C=O) groups is 1. The lowest BCUT2D eigenvalue weighted by molar-refractivity contribution is -0.121. The summed E-state index contributed by atoms with van der Waals surface area (Å²) in [7, 11) is -3.62. The van der Waals surface area contributed by atoms with Gasteiger partial charge in [0.2, 0.25) is 15.9 Å². The zero-order valence-corrected chi connectivity index (χ0v) is 14.3. The number of rotatable bonds is 8. The van der Waals surface area contributed by atoms with Crippen LogP contribution in [0, 0.1) is 5.82 Å². The van der Waals surface area contributed by atoms with Gasteiger partial charge in [-0.25, -0.2) is 17.5 Å². The smallest absolute Gasteiger partial charge is 0.233 e. The molecule has 1 amide bonds. The van der Waals surface area contributed by atoms with Crippen molar-refractivity contribution in [3.8, 4) is 0 Å². The van der Waals surface area contributed by atoms with Crippen molar-refractivity contribution in [2.45, 2.75) is 13.0 Å². The SMILES string of the molecule is O=C(CCNS(=O)(=O)C=Cc1ccccc1)NCc1ccccc1F. The predicted molar refractivity (Wildman–Crippen MR) is 95.3 cm³/mol. The highest BCUT2D eigenvalue weighted by molar-refractivity contribution is 7.92. The third-order valence-corrected chi connectivity index (χ3v) is 4.43. The molecule has 0 heterocycles. The summed E-state index contributed by atoms with van der Waals surface area (Å²) in [5.74, 6) is -0.757. The van der Waals surface area contributed by atoms with Gasteiger partial charge in [0, 0.05) is 30.5 Å².